The van der Waals surface area contributed by atoms with E-state index in [1.807, 2.05) is 39.8 Å². The minimum Gasteiger partial charge on any atom is -0.506 e. The van der Waals surface area contributed by atoms with E-state index in [4.69, 9.17) is 0 Å². The maximum atomic E-state index is 13.6. The normalized spacial score (nSPS) is 19.9. The van der Waals surface area contributed by atoms with Crippen molar-refractivity contribution < 1.29 is 19.5 Å². The number of nitrogens with zero attached hydrogens (tertiary/aromatic N) is 3. The third-order valence-corrected chi connectivity index (χ3v) is 8.49. The molecule has 8 heteroatoms. The molecule has 0 radical (unpaired) electrons. The van der Waals surface area contributed by atoms with Gasteiger partial charge in [0.05, 0.1) is 34.2 Å². The van der Waals surface area contributed by atoms with Crippen LogP contribution >= 0.6 is 0 Å². The monoisotopic (exact) mass is 548 g/mol. The van der Waals surface area contributed by atoms with Gasteiger partial charge in [-0.1, -0.05) is 40.5 Å². The molecular formula is C32H44N4O4. The molecule has 40 heavy (non-hydrogen) atoms. The average Bonchev–Trinajstić information content (AvgIpc) is 3.49. The Bertz CT molecular complexity index is 1270. The van der Waals surface area contributed by atoms with Crippen molar-refractivity contribution >= 4 is 40.3 Å². The van der Waals surface area contributed by atoms with Gasteiger partial charge in [-0.15, -0.1) is 0 Å². The lowest BCUT2D eigenvalue weighted by molar-refractivity contribution is -0.130. The molecule has 0 saturated heterocycles. The number of carbonyl (C=O) groups excluding carboxylic acids is 3. The van der Waals surface area contributed by atoms with E-state index in [0.29, 0.717) is 29.3 Å². The van der Waals surface area contributed by atoms with Gasteiger partial charge in [-0.3, -0.25) is 14.4 Å². The quantitative estimate of drug-likeness (QED) is 0.344. The molecule has 2 aliphatic carbocycles. The van der Waals surface area contributed by atoms with E-state index >= 15 is 0 Å². The zero-order chi connectivity index (χ0) is 29.3. The Kier molecular flexibility index (Phi) is 8.86. The van der Waals surface area contributed by atoms with Gasteiger partial charge in [0, 0.05) is 30.8 Å². The standard InChI is InChI=1S/C32H44N4O4/c1-8-35(9-2)22-14-15-23(24(17-22)33-25(37)16-21-12-10-11-13-21)27-30(38)28(31(27)39)26-20(7)34-36(32(26)40)29(18(3)4)19(5)6/h14-15,17-19,21,29,38H,8-13,16H2,1-7H3,(H,33,37). The predicted octanol–water partition coefficient (Wildman–Crippen LogP) is 6.10. The van der Waals surface area contributed by atoms with Gasteiger partial charge < -0.3 is 15.3 Å². The van der Waals surface area contributed by atoms with Crippen LogP contribution in [0.25, 0.3) is 5.57 Å². The van der Waals surface area contributed by atoms with Gasteiger partial charge in [0.25, 0.3) is 5.91 Å². The van der Waals surface area contributed by atoms with E-state index in [1.54, 1.807) is 13.0 Å². The number of anilines is 2. The van der Waals surface area contributed by atoms with Gasteiger partial charge in [-0.2, -0.15) is 5.10 Å². The predicted molar refractivity (Wildman–Crippen MR) is 160 cm³/mol. The number of Topliss-reactive ketones (excluding diaryl/α,β-unsaturated/α-hetero) is 1. The molecule has 0 spiro atoms. The van der Waals surface area contributed by atoms with Crippen LogP contribution in [0, 0.1) is 17.8 Å². The van der Waals surface area contributed by atoms with Crippen molar-refractivity contribution in [2.24, 2.45) is 22.9 Å². The summed E-state index contributed by atoms with van der Waals surface area (Å²) in [5.74, 6) is -0.373. The molecule has 216 valence electrons. The van der Waals surface area contributed by atoms with Crippen molar-refractivity contribution in [1.29, 1.82) is 0 Å². The topological polar surface area (TPSA) is 102 Å². The summed E-state index contributed by atoms with van der Waals surface area (Å²) in [6.45, 7) is 15.6. The number of benzene rings is 1. The van der Waals surface area contributed by atoms with Gasteiger partial charge in [0.2, 0.25) is 11.7 Å². The molecule has 8 nitrogen and oxygen atoms in total. The Morgan fingerprint density at radius 3 is 2.23 bits per heavy atom. The van der Waals surface area contributed by atoms with E-state index in [2.05, 4.69) is 29.2 Å². The highest BCUT2D eigenvalue weighted by atomic mass is 16.3. The largest absolute Gasteiger partial charge is 0.506 e. The highest BCUT2D eigenvalue weighted by Gasteiger charge is 2.45. The molecule has 3 aliphatic rings. The molecule has 0 unspecified atom stereocenters. The number of ketones is 1. The molecule has 2 N–H and O–H groups in total. The zero-order valence-corrected chi connectivity index (χ0v) is 25.0. The third-order valence-electron chi connectivity index (χ3n) is 8.49. The van der Waals surface area contributed by atoms with Crippen molar-refractivity contribution in [3.05, 3.63) is 40.7 Å². The first-order chi connectivity index (χ1) is 19.0. The number of aliphatic hydroxyl groups is 1. The molecule has 1 saturated carbocycles. The minimum atomic E-state index is -0.412. The molecule has 4 rings (SSSR count). The summed E-state index contributed by atoms with van der Waals surface area (Å²) in [6, 6.07) is 5.42. The van der Waals surface area contributed by atoms with Crippen LogP contribution in [-0.4, -0.2) is 52.6 Å². The number of aliphatic hydroxyl groups excluding tert-OH is 1. The van der Waals surface area contributed by atoms with Crippen LogP contribution in [0.1, 0.15) is 86.1 Å². The molecular weight excluding hydrogens is 504 g/mol. The van der Waals surface area contributed by atoms with Crippen LogP contribution in [0.15, 0.2) is 40.2 Å². The SMILES string of the molecule is CCN(CC)c1ccc(C2=C(O)C(=C3C(=O)N(C(C(C)C)C(C)C)N=C3C)C2=O)c(NC(=O)CC2CCCC2)c1. The first kappa shape index (κ1) is 29.6. The second-order valence-corrected chi connectivity index (χ2v) is 11.9. The smallest absolute Gasteiger partial charge is 0.277 e. The average molecular weight is 549 g/mol. The zero-order valence-electron chi connectivity index (χ0n) is 25.0. The van der Waals surface area contributed by atoms with Crippen LogP contribution in [-0.2, 0) is 14.4 Å². The number of carbonyl (C=O) groups is 3. The fourth-order valence-corrected chi connectivity index (χ4v) is 6.55. The van der Waals surface area contributed by atoms with Crippen LogP contribution in [0.5, 0.6) is 0 Å². The van der Waals surface area contributed by atoms with Crippen LogP contribution in [0.2, 0.25) is 0 Å². The lowest BCUT2D eigenvalue weighted by Crippen LogP contribution is -2.41. The van der Waals surface area contributed by atoms with E-state index in [0.717, 1.165) is 44.5 Å². The molecule has 0 aromatic heterocycles. The van der Waals surface area contributed by atoms with E-state index < -0.39 is 5.78 Å². The van der Waals surface area contributed by atoms with Crippen molar-refractivity contribution in [2.45, 2.75) is 86.6 Å². The number of allylic oxidation sites excluding steroid dienone is 2. The molecule has 1 aliphatic heterocycles. The maximum absolute atomic E-state index is 13.6. The minimum absolute atomic E-state index is 0.00561. The van der Waals surface area contributed by atoms with Gasteiger partial charge in [0.1, 0.15) is 5.76 Å². The summed E-state index contributed by atoms with van der Waals surface area (Å²) in [7, 11) is 0. The molecule has 0 bridgehead atoms. The van der Waals surface area contributed by atoms with Gasteiger partial charge in [0.15, 0.2) is 0 Å². The summed E-state index contributed by atoms with van der Waals surface area (Å²) in [5, 5.41) is 20.3. The molecule has 1 fully saturated rings. The number of nitrogens with one attached hydrogen (secondary N) is 1. The molecule has 1 aromatic carbocycles. The Morgan fingerprint density at radius 2 is 1.68 bits per heavy atom. The van der Waals surface area contributed by atoms with Gasteiger partial charge >= 0.3 is 0 Å². The summed E-state index contributed by atoms with van der Waals surface area (Å²) in [4.78, 5) is 42.3. The molecule has 1 aromatic rings. The second-order valence-electron chi connectivity index (χ2n) is 11.9. The van der Waals surface area contributed by atoms with Crippen molar-refractivity contribution in [1.82, 2.24) is 5.01 Å². The first-order valence-electron chi connectivity index (χ1n) is 14.8. The fraction of sp³-hybridized carbons (Fsp3) is 0.562. The third kappa shape index (κ3) is 5.45. The Labute approximate surface area is 238 Å². The van der Waals surface area contributed by atoms with Crippen LogP contribution < -0.4 is 10.2 Å². The summed E-state index contributed by atoms with van der Waals surface area (Å²) in [6.07, 6.45) is 4.86. The Balaban J connectivity index is 1.72. The summed E-state index contributed by atoms with van der Waals surface area (Å²) in [5.41, 5.74) is 2.58. The number of hydrogen-bond donors (Lipinski definition) is 2. The lowest BCUT2D eigenvalue weighted by Gasteiger charge is -2.31. The van der Waals surface area contributed by atoms with E-state index in [1.165, 1.54) is 5.01 Å². The highest BCUT2D eigenvalue weighted by molar-refractivity contribution is 6.44. The van der Waals surface area contributed by atoms with Gasteiger partial charge in [-0.05, 0) is 69.6 Å². The van der Waals surface area contributed by atoms with Crippen molar-refractivity contribution in [3.8, 4) is 0 Å². The Morgan fingerprint density at radius 1 is 1.05 bits per heavy atom. The van der Waals surface area contributed by atoms with Crippen LogP contribution in [0.4, 0.5) is 11.4 Å². The summed E-state index contributed by atoms with van der Waals surface area (Å²) < 4.78 is 0. The number of amides is 2. The molecule has 0 atom stereocenters. The van der Waals surface area contributed by atoms with Crippen LogP contribution in [0.3, 0.4) is 0 Å². The molecule has 1 heterocycles. The highest BCUT2D eigenvalue weighted by Crippen LogP contribution is 2.43. The maximum Gasteiger partial charge on any atom is 0.277 e. The first-order valence-corrected chi connectivity index (χ1v) is 14.8. The van der Waals surface area contributed by atoms with E-state index in [9.17, 15) is 19.5 Å². The Hall–Kier alpha value is -3.42. The molecule has 2 amide bonds. The van der Waals surface area contributed by atoms with Gasteiger partial charge in [-0.25, -0.2) is 5.01 Å². The lowest BCUT2D eigenvalue weighted by atomic mass is 9.79. The fourth-order valence-electron chi connectivity index (χ4n) is 6.55. The number of rotatable bonds is 10. The number of hydrogen-bond acceptors (Lipinski definition) is 6. The van der Waals surface area contributed by atoms with E-state index in [-0.39, 0.29) is 52.2 Å². The van der Waals surface area contributed by atoms with Crippen molar-refractivity contribution in [3.63, 3.8) is 0 Å². The van der Waals surface area contributed by atoms with Crippen molar-refractivity contribution in [2.75, 3.05) is 23.3 Å². The number of hydrazone groups is 1. The second kappa shape index (κ2) is 12.0. The summed E-state index contributed by atoms with van der Waals surface area (Å²) >= 11 is 0.